The third kappa shape index (κ3) is 2.38. The molecule has 0 saturated carbocycles. The highest BCUT2D eigenvalue weighted by atomic mass is 35.5. The summed E-state index contributed by atoms with van der Waals surface area (Å²) in [6, 6.07) is 13.8. The molecule has 122 valence electrons. The van der Waals surface area contributed by atoms with E-state index in [-0.39, 0.29) is 11.8 Å². The summed E-state index contributed by atoms with van der Waals surface area (Å²) in [5.74, 6) is 1.21. The highest BCUT2D eigenvalue weighted by molar-refractivity contribution is 6.31. The quantitative estimate of drug-likeness (QED) is 0.706. The minimum Gasteiger partial charge on any atom is -0.331 e. The number of benzene rings is 2. The summed E-state index contributed by atoms with van der Waals surface area (Å²) in [6.45, 7) is 2.60. The lowest BCUT2D eigenvalue weighted by atomic mass is 10.1. The van der Waals surface area contributed by atoms with Gasteiger partial charge in [-0.1, -0.05) is 23.7 Å². The van der Waals surface area contributed by atoms with E-state index in [1.54, 1.807) is 0 Å². The van der Waals surface area contributed by atoms with E-state index in [9.17, 15) is 4.79 Å². The average molecular weight is 340 g/mol. The van der Waals surface area contributed by atoms with E-state index in [1.807, 2.05) is 55.3 Å². The predicted molar refractivity (Wildman–Crippen MR) is 96.6 cm³/mol. The zero-order valence-electron chi connectivity index (χ0n) is 13.7. The fourth-order valence-electron chi connectivity index (χ4n) is 3.46. The Kier molecular flexibility index (Phi) is 3.57. The Bertz CT molecular complexity index is 947. The maximum atomic E-state index is 12.5. The van der Waals surface area contributed by atoms with Crippen molar-refractivity contribution < 1.29 is 4.79 Å². The highest BCUT2D eigenvalue weighted by Crippen LogP contribution is 2.33. The van der Waals surface area contributed by atoms with Crippen molar-refractivity contribution in [2.45, 2.75) is 19.3 Å². The molecule has 4 rings (SSSR count). The number of carbonyl (C=O) groups excluding carboxylic acids is 1. The first-order valence-electron chi connectivity index (χ1n) is 8.02. The molecule has 1 aliphatic rings. The molecule has 0 aliphatic carbocycles. The van der Waals surface area contributed by atoms with Crippen LogP contribution in [0.4, 0.5) is 5.69 Å². The van der Waals surface area contributed by atoms with Crippen molar-refractivity contribution in [2.24, 2.45) is 7.05 Å². The van der Waals surface area contributed by atoms with E-state index in [2.05, 4.69) is 10.6 Å². The summed E-state index contributed by atoms with van der Waals surface area (Å²) in [5, 5.41) is 0.720. The van der Waals surface area contributed by atoms with Gasteiger partial charge in [-0.05, 0) is 42.8 Å². The van der Waals surface area contributed by atoms with Gasteiger partial charge in [0, 0.05) is 36.6 Å². The molecule has 0 bridgehead atoms. The SMILES string of the molecule is Cc1cc(N2CC(c3nc4ccccc4n3C)CC2=O)ccc1Cl. The second-order valence-corrected chi connectivity index (χ2v) is 6.76. The summed E-state index contributed by atoms with van der Waals surface area (Å²) in [4.78, 5) is 19.1. The van der Waals surface area contributed by atoms with Crippen LogP contribution in [0.25, 0.3) is 11.0 Å². The third-order valence-corrected chi connectivity index (χ3v) is 5.19. The van der Waals surface area contributed by atoms with E-state index in [0.717, 1.165) is 33.1 Å². The van der Waals surface area contributed by atoms with Crippen LogP contribution in [0, 0.1) is 6.92 Å². The van der Waals surface area contributed by atoms with Gasteiger partial charge in [-0.2, -0.15) is 0 Å². The Labute approximate surface area is 145 Å². The molecule has 2 heterocycles. The van der Waals surface area contributed by atoms with Gasteiger partial charge in [0.2, 0.25) is 5.91 Å². The van der Waals surface area contributed by atoms with Crippen LogP contribution >= 0.6 is 11.6 Å². The van der Waals surface area contributed by atoms with E-state index in [0.29, 0.717) is 13.0 Å². The molecule has 1 saturated heterocycles. The van der Waals surface area contributed by atoms with Gasteiger partial charge >= 0.3 is 0 Å². The number of aromatic nitrogens is 2. The van der Waals surface area contributed by atoms with E-state index < -0.39 is 0 Å². The normalized spacial score (nSPS) is 17.9. The van der Waals surface area contributed by atoms with E-state index in [4.69, 9.17) is 16.6 Å². The van der Waals surface area contributed by atoms with Crippen LogP contribution < -0.4 is 4.90 Å². The lowest BCUT2D eigenvalue weighted by Crippen LogP contribution is -2.24. The molecule has 1 unspecified atom stereocenters. The van der Waals surface area contributed by atoms with Crippen molar-refractivity contribution in [3.63, 3.8) is 0 Å². The van der Waals surface area contributed by atoms with Gasteiger partial charge in [0.15, 0.2) is 0 Å². The number of anilines is 1. The number of amides is 1. The van der Waals surface area contributed by atoms with Gasteiger partial charge in [0.1, 0.15) is 5.82 Å². The zero-order valence-corrected chi connectivity index (χ0v) is 14.4. The van der Waals surface area contributed by atoms with Gasteiger partial charge in [0.25, 0.3) is 0 Å². The first-order chi connectivity index (χ1) is 11.5. The van der Waals surface area contributed by atoms with Crippen molar-refractivity contribution in [2.75, 3.05) is 11.4 Å². The maximum absolute atomic E-state index is 12.5. The monoisotopic (exact) mass is 339 g/mol. The van der Waals surface area contributed by atoms with Gasteiger partial charge in [0.05, 0.1) is 11.0 Å². The maximum Gasteiger partial charge on any atom is 0.227 e. The standard InChI is InChI=1S/C19H18ClN3O/c1-12-9-14(7-8-15(12)20)23-11-13(10-18(23)24)19-21-16-5-3-4-6-17(16)22(19)2/h3-9,13H,10-11H2,1-2H3. The van der Waals surface area contributed by atoms with Crippen molar-refractivity contribution in [3.8, 4) is 0 Å². The molecule has 1 aliphatic heterocycles. The summed E-state index contributed by atoms with van der Waals surface area (Å²) in [6.07, 6.45) is 0.485. The van der Waals surface area contributed by atoms with Crippen molar-refractivity contribution in [3.05, 3.63) is 58.9 Å². The molecule has 24 heavy (non-hydrogen) atoms. The Balaban J connectivity index is 1.68. The van der Waals surface area contributed by atoms with Crippen LogP contribution in [0.2, 0.25) is 5.02 Å². The fourth-order valence-corrected chi connectivity index (χ4v) is 3.57. The predicted octanol–water partition coefficient (Wildman–Crippen LogP) is 4.06. The third-order valence-electron chi connectivity index (χ3n) is 4.77. The Hall–Kier alpha value is -2.33. The van der Waals surface area contributed by atoms with Crippen molar-refractivity contribution in [1.29, 1.82) is 0 Å². The highest BCUT2D eigenvalue weighted by Gasteiger charge is 2.34. The number of hydrogen-bond acceptors (Lipinski definition) is 2. The average Bonchev–Trinajstić information content (AvgIpc) is 3.11. The summed E-state index contributed by atoms with van der Waals surface area (Å²) in [5.41, 5.74) is 3.96. The first kappa shape index (κ1) is 15.2. The Morgan fingerprint density at radius 1 is 1.21 bits per heavy atom. The van der Waals surface area contributed by atoms with Gasteiger partial charge < -0.3 is 9.47 Å². The fraction of sp³-hybridized carbons (Fsp3) is 0.263. The second-order valence-electron chi connectivity index (χ2n) is 6.36. The second kappa shape index (κ2) is 5.64. The molecular weight excluding hydrogens is 322 g/mol. The molecule has 1 aromatic heterocycles. The topological polar surface area (TPSA) is 38.1 Å². The smallest absolute Gasteiger partial charge is 0.227 e. The van der Waals surface area contributed by atoms with E-state index >= 15 is 0 Å². The molecule has 5 heteroatoms. The molecule has 1 amide bonds. The molecule has 1 fully saturated rings. The van der Waals surface area contributed by atoms with Crippen LogP contribution in [-0.2, 0) is 11.8 Å². The molecular formula is C19H18ClN3O. The number of imidazole rings is 1. The summed E-state index contributed by atoms with van der Waals surface area (Å²) in [7, 11) is 2.02. The van der Waals surface area contributed by atoms with Gasteiger partial charge in [-0.15, -0.1) is 0 Å². The Morgan fingerprint density at radius 2 is 2.00 bits per heavy atom. The van der Waals surface area contributed by atoms with Crippen molar-refractivity contribution in [1.82, 2.24) is 9.55 Å². The number of fused-ring (bicyclic) bond motifs is 1. The number of hydrogen-bond donors (Lipinski definition) is 0. The first-order valence-corrected chi connectivity index (χ1v) is 8.40. The van der Waals surface area contributed by atoms with Crippen LogP contribution in [-0.4, -0.2) is 22.0 Å². The number of carbonyl (C=O) groups is 1. The number of aryl methyl sites for hydroxylation is 2. The molecule has 0 N–H and O–H groups in total. The lowest BCUT2D eigenvalue weighted by Gasteiger charge is -2.17. The van der Waals surface area contributed by atoms with Gasteiger partial charge in [-0.3, -0.25) is 4.79 Å². The Morgan fingerprint density at radius 3 is 2.75 bits per heavy atom. The van der Waals surface area contributed by atoms with Crippen LogP contribution in [0.5, 0.6) is 0 Å². The van der Waals surface area contributed by atoms with Crippen molar-refractivity contribution >= 4 is 34.2 Å². The number of rotatable bonds is 2. The molecule has 0 radical (unpaired) electrons. The molecule has 2 aromatic carbocycles. The number of para-hydroxylation sites is 2. The number of nitrogens with zero attached hydrogens (tertiary/aromatic N) is 3. The largest absolute Gasteiger partial charge is 0.331 e. The lowest BCUT2D eigenvalue weighted by molar-refractivity contribution is -0.117. The minimum absolute atomic E-state index is 0.103. The molecule has 0 spiro atoms. The molecule has 3 aromatic rings. The zero-order chi connectivity index (χ0) is 16.8. The summed E-state index contributed by atoms with van der Waals surface area (Å²) < 4.78 is 2.10. The number of halogens is 1. The molecule has 1 atom stereocenters. The van der Waals surface area contributed by atoms with Crippen LogP contribution in [0.15, 0.2) is 42.5 Å². The van der Waals surface area contributed by atoms with Crippen LogP contribution in [0.3, 0.4) is 0 Å². The van der Waals surface area contributed by atoms with Gasteiger partial charge in [-0.25, -0.2) is 4.98 Å². The summed E-state index contributed by atoms with van der Waals surface area (Å²) >= 11 is 6.10. The minimum atomic E-state index is 0.103. The van der Waals surface area contributed by atoms with Crippen LogP contribution in [0.1, 0.15) is 23.7 Å². The molecule has 4 nitrogen and oxygen atoms in total. The van der Waals surface area contributed by atoms with E-state index in [1.165, 1.54) is 0 Å².